The molecule has 0 N–H and O–H groups in total. The molecule has 15 heavy (non-hydrogen) atoms. The van der Waals surface area contributed by atoms with E-state index in [4.69, 9.17) is 0 Å². The van der Waals surface area contributed by atoms with Crippen molar-refractivity contribution in [1.82, 2.24) is 0 Å². The van der Waals surface area contributed by atoms with Crippen LogP contribution in [0.4, 0.5) is 0 Å². The van der Waals surface area contributed by atoms with Crippen LogP contribution in [-0.4, -0.2) is 26.2 Å². The normalized spacial score (nSPS) is 10.5. The Morgan fingerprint density at radius 2 is 1.87 bits per heavy atom. The Morgan fingerprint density at radius 1 is 1.07 bits per heavy atom. The van der Waals surface area contributed by atoms with E-state index in [9.17, 15) is 0 Å². The van der Waals surface area contributed by atoms with Crippen molar-refractivity contribution in [1.29, 1.82) is 0 Å². The molecule has 1 heterocycles. The summed E-state index contributed by atoms with van der Waals surface area (Å²) in [4.78, 5) is 0. The fourth-order valence-electron chi connectivity index (χ4n) is 1.36. The van der Waals surface area contributed by atoms with Gasteiger partial charge < -0.3 is 0 Å². The summed E-state index contributed by atoms with van der Waals surface area (Å²) in [5.74, 6) is 1.27. The summed E-state index contributed by atoms with van der Waals surface area (Å²) >= 11 is 1.97. The predicted molar refractivity (Wildman–Crippen MR) is 69.8 cm³/mol. The number of hydrogen-bond donors (Lipinski definition) is 0. The molecule has 0 unspecified atom stereocenters. The van der Waals surface area contributed by atoms with Crippen LogP contribution in [0.25, 0.3) is 9.14 Å². The maximum absolute atomic E-state index is 2.32. The number of benzene rings is 1. The quantitative estimate of drug-likeness (QED) is 0.605. The summed E-state index contributed by atoms with van der Waals surface area (Å²) < 4.78 is 3.22. The van der Waals surface area contributed by atoms with Crippen molar-refractivity contribution in [3.63, 3.8) is 0 Å². The molecule has 0 atom stereocenters. The van der Waals surface area contributed by atoms with Crippen LogP contribution in [0.2, 0.25) is 0 Å². The molecule has 0 aliphatic rings. The summed E-state index contributed by atoms with van der Waals surface area (Å²) in [6.07, 6.45) is 1.27. The second kappa shape index (κ2) is 5.80. The van der Waals surface area contributed by atoms with Gasteiger partial charge >= 0.3 is 106 Å². The van der Waals surface area contributed by atoms with Crippen LogP contribution in [0.3, 0.4) is 0 Å². The zero-order valence-corrected chi connectivity index (χ0v) is 11.9. The average molecular weight is 330 g/mol. The molecule has 0 fully saturated rings. The first-order valence-corrected chi connectivity index (χ1v) is 8.50. The minimum absolute atomic E-state index is 0.0802. The second-order valence-electron chi connectivity index (χ2n) is 3.33. The molecule has 0 spiro atoms. The monoisotopic (exact) mass is 332 g/mol. The van der Waals surface area contributed by atoms with E-state index in [1.807, 2.05) is 11.8 Å². The Hall–Kier alpha value is -0.160. The number of rotatable bonds is 4. The van der Waals surface area contributed by atoms with Gasteiger partial charge in [0.05, 0.1) is 0 Å². The molecule has 0 radical (unpaired) electrons. The van der Waals surface area contributed by atoms with E-state index in [2.05, 4.69) is 49.4 Å². The Balaban J connectivity index is 2.14. The Morgan fingerprint density at radius 3 is 2.60 bits per heavy atom. The molecule has 0 aliphatic heterocycles. The summed E-state index contributed by atoms with van der Waals surface area (Å²) in [5, 5.41) is 0. The van der Waals surface area contributed by atoms with Gasteiger partial charge in [-0.05, 0) is 0 Å². The molecule has 2 aromatic rings. The van der Waals surface area contributed by atoms with Crippen molar-refractivity contribution >= 4 is 32.2 Å². The van der Waals surface area contributed by atoms with Crippen LogP contribution in [0, 0.1) is 0 Å². The Labute approximate surface area is 105 Å². The van der Waals surface area contributed by atoms with Gasteiger partial charge in [-0.2, -0.15) is 0 Å². The third kappa shape index (κ3) is 3.14. The van der Waals surface area contributed by atoms with E-state index < -0.39 is 0 Å². The van der Waals surface area contributed by atoms with Crippen LogP contribution in [-0.2, 0) is 0 Å². The van der Waals surface area contributed by atoms with Crippen LogP contribution < -0.4 is 0 Å². The molecule has 0 bridgehead atoms. The van der Waals surface area contributed by atoms with Crippen molar-refractivity contribution in [3.05, 3.63) is 42.5 Å². The van der Waals surface area contributed by atoms with Crippen molar-refractivity contribution in [2.75, 3.05) is 5.75 Å². The van der Waals surface area contributed by atoms with Crippen molar-refractivity contribution in [2.45, 2.75) is 16.3 Å². The van der Waals surface area contributed by atoms with Gasteiger partial charge in [-0.25, -0.2) is 0 Å². The zero-order chi connectivity index (χ0) is 10.5. The molecule has 78 valence electrons. The van der Waals surface area contributed by atoms with Crippen molar-refractivity contribution in [3.8, 4) is 9.14 Å². The molecule has 1 aromatic carbocycles. The molecule has 2 heteroatoms. The maximum atomic E-state index is 2.32. The van der Waals surface area contributed by atoms with Crippen LogP contribution in [0.1, 0.15) is 13.3 Å². The first-order chi connectivity index (χ1) is 7.40. The van der Waals surface area contributed by atoms with E-state index in [-0.39, 0.29) is 20.4 Å². The first kappa shape index (κ1) is 11.3. The Bertz CT molecular complexity index is 405. The van der Waals surface area contributed by atoms with Gasteiger partial charge in [-0.1, -0.05) is 0 Å². The standard InChI is InChI=1S/C13H14STe/c1-2-10-14-13-9-8-12(15-13)11-6-4-3-5-7-11/h3-9H,2,10H2,1H3. The first-order valence-electron chi connectivity index (χ1n) is 5.18. The van der Waals surface area contributed by atoms with Gasteiger partial charge in [0.15, 0.2) is 0 Å². The SMILES string of the molecule is CCCSc1ccc(-c2ccccc2)[te]1. The molecule has 0 aliphatic carbocycles. The summed E-state index contributed by atoms with van der Waals surface area (Å²) in [7, 11) is 0. The third-order valence-electron chi connectivity index (χ3n) is 2.09. The van der Waals surface area contributed by atoms with Gasteiger partial charge in [-0.3, -0.25) is 0 Å². The van der Waals surface area contributed by atoms with Crippen LogP contribution in [0.15, 0.2) is 45.4 Å². The zero-order valence-electron chi connectivity index (χ0n) is 8.77. The third-order valence-corrected chi connectivity index (χ3v) is 7.34. The Kier molecular flexibility index (Phi) is 4.38. The predicted octanol–water partition coefficient (Wildman–Crippen LogP) is 3.91. The van der Waals surface area contributed by atoms with Crippen molar-refractivity contribution < 1.29 is 0 Å². The van der Waals surface area contributed by atoms with Gasteiger partial charge in [0, 0.05) is 0 Å². The van der Waals surface area contributed by atoms with Gasteiger partial charge in [0.2, 0.25) is 0 Å². The molecule has 0 amide bonds. The van der Waals surface area contributed by atoms with E-state index in [1.54, 1.807) is 6.49 Å². The average Bonchev–Trinajstić information content (AvgIpc) is 2.76. The van der Waals surface area contributed by atoms with E-state index in [0.29, 0.717) is 0 Å². The second-order valence-corrected chi connectivity index (χ2v) is 8.37. The minimum atomic E-state index is -0.0802. The van der Waals surface area contributed by atoms with Crippen molar-refractivity contribution in [2.24, 2.45) is 0 Å². The van der Waals surface area contributed by atoms with Gasteiger partial charge in [-0.15, -0.1) is 0 Å². The number of hydrogen-bond acceptors (Lipinski definition) is 1. The summed E-state index contributed by atoms with van der Waals surface area (Å²) in [5.41, 5.74) is 1.42. The number of thioether (sulfide) groups is 1. The van der Waals surface area contributed by atoms with Crippen LogP contribution >= 0.6 is 11.8 Å². The van der Waals surface area contributed by atoms with Gasteiger partial charge in [0.25, 0.3) is 0 Å². The molecule has 0 saturated heterocycles. The summed E-state index contributed by atoms with van der Waals surface area (Å²) in [6, 6.07) is 15.4. The summed E-state index contributed by atoms with van der Waals surface area (Å²) in [6.45, 7) is 2.24. The molecule has 1 aromatic heterocycles. The van der Waals surface area contributed by atoms with Gasteiger partial charge in [0.1, 0.15) is 0 Å². The van der Waals surface area contributed by atoms with Crippen LogP contribution in [0.5, 0.6) is 0 Å². The molecular weight excluding hydrogens is 316 g/mol. The molecule has 2 rings (SSSR count). The molecule has 0 nitrogen and oxygen atoms in total. The van der Waals surface area contributed by atoms with E-state index in [0.717, 1.165) is 0 Å². The van der Waals surface area contributed by atoms with E-state index >= 15 is 0 Å². The fraction of sp³-hybridized carbons (Fsp3) is 0.231. The topological polar surface area (TPSA) is 0 Å². The molecular formula is C13H14STe. The van der Waals surface area contributed by atoms with E-state index in [1.165, 1.54) is 17.7 Å². The molecule has 0 saturated carbocycles. The fourth-order valence-corrected chi connectivity index (χ4v) is 5.93.